The Bertz CT molecular complexity index is 1210. The number of ether oxygens (including phenoxy) is 2. The number of carbonyl (C=O) groups excluding carboxylic acids is 2. The minimum absolute atomic E-state index is 0.0530. The monoisotopic (exact) mass is 485 g/mol. The van der Waals surface area contributed by atoms with Gasteiger partial charge < -0.3 is 25.0 Å². The molecule has 0 aliphatic carbocycles. The Morgan fingerprint density at radius 3 is 2.61 bits per heavy atom. The number of benzene rings is 3. The molecule has 36 heavy (non-hydrogen) atoms. The second-order valence-electron chi connectivity index (χ2n) is 9.17. The zero-order chi connectivity index (χ0) is 24.7. The van der Waals surface area contributed by atoms with Crippen molar-refractivity contribution in [2.24, 2.45) is 0 Å². The number of hydrogen-bond donors (Lipinski definition) is 2. The molecule has 1 unspecified atom stereocenters. The summed E-state index contributed by atoms with van der Waals surface area (Å²) < 4.78 is 11.2. The summed E-state index contributed by atoms with van der Waals surface area (Å²) in [5, 5.41) is 5.90. The van der Waals surface area contributed by atoms with Gasteiger partial charge >= 0.3 is 0 Å². The molecule has 1 atom stereocenters. The minimum Gasteiger partial charge on any atom is -0.484 e. The van der Waals surface area contributed by atoms with Gasteiger partial charge in [0.15, 0.2) is 6.61 Å². The Balaban J connectivity index is 1.32. The van der Waals surface area contributed by atoms with Crippen LogP contribution in [0, 0.1) is 0 Å². The molecule has 1 fully saturated rings. The molecule has 186 valence electrons. The fourth-order valence-electron chi connectivity index (χ4n) is 4.74. The molecule has 2 amide bonds. The topological polar surface area (TPSA) is 79.9 Å². The highest BCUT2D eigenvalue weighted by atomic mass is 16.5. The van der Waals surface area contributed by atoms with E-state index in [2.05, 4.69) is 33.7 Å². The maximum Gasteiger partial charge on any atom is 0.262 e. The van der Waals surface area contributed by atoms with Crippen LogP contribution in [0.2, 0.25) is 0 Å². The number of rotatable bonds is 8. The van der Waals surface area contributed by atoms with E-state index in [1.165, 1.54) is 11.1 Å². The van der Waals surface area contributed by atoms with Crippen molar-refractivity contribution in [2.45, 2.75) is 31.9 Å². The summed E-state index contributed by atoms with van der Waals surface area (Å²) >= 11 is 0. The van der Waals surface area contributed by atoms with Gasteiger partial charge in [0, 0.05) is 37.6 Å². The predicted octanol–water partition coefficient (Wildman–Crippen LogP) is 4.18. The average Bonchev–Trinajstić information content (AvgIpc) is 3.45. The van der Waals surface area contributed by atoms with E-state index in [-0.39, 0.29) is 24.5 Å². The summed E-state index contributed by atoms with van der Waals surface area (Å²) in [5.74, 6) is 0.169. The van der Waals surface area contributed by atoms with Gasteiger partial charge in [-0.3, -0.25) is 9.59 Å². The molecule has 2 heterocycles. The Morgan fingerprint density at radius 1 is 1.00 bits per heavy atom. The van der Waals surface area contributed by atoms with E-state index in [1.54, 1.807) is 18.2 Å². The van der Waals surface area contributed by atoms with Crippen LogP contribution in [0.25, 0.3) is 0 Å². The second kappa shape index (κ2) is 11.3. The lowest BCUT2D eigenvalue weighted by atomic mass is 9.98. The van der Waals surface area contributed by atoms with Crippen LogP contribution in [0.5, 0.6) is 5.75 Å². The number of fused-ring (bicyclic) bond motifs is 1. The van der Waals surface area contributed by atoms with Crippen molar-refractivity contribution >= 4 is 23.2 Å². The number of anilines is 2. The molecule has 3 aromatic rings. The Labute approximate surface area is 211 Å². The molecule has 1 saturated heterocycles. The number of nitrogens with one attached hydrogen (secondary N) is 2. The van der Waals surface area contributed by atoms with Crippen LogP contribution in [0.15, 0.2) is 72.8 Å². The summed E-state index contributed by atoms with van der Waals surface area (Å²) in [7, 11) is 0. The molecule has 3 aromatic carbocycles. The van der Waals surface area contributed by atoms with Crippen LogP contribution in [-0.4, -0.2) is 44.2 Å². The number of carbonyl (C=O) groups is 2. The lowest BCUT2D eigenvalue weighted by Crippen LogP contribution is -2.35. The molecule has 7 nitrogen and oxygen atoms in total. The van der Waals surface area contributed by atoms with Gasteiger partial charge in [0.1, 0.15) is 5.75 Å². The predicted molar refractivity (Wildman–Crippen MR) is 140 cm³/mol. The summed E-state index contributed by atoms with van der Waals surface area (Å²) in [5.41, 5.74) is 4.56. The fraction of sp³-hybridized carbons (Fsp3) is 0.310. The lowest BCUT2D eigenvalue weighted by Gasteiger charge is -2.32. The molecule has 0 spiro atoms. The van der Waals surface area contributed by atoms with Gasteiger partial charge in [-0.25, -0.2) is 0 Å². The quantitative estimate of drug-likeness (QED) is 0.501. The molecule has 2 N–H and O–H groups in total. The lowest BCUT2D eigenvalue weighted by molar-refractivity contribution is -0.118. The van der Waals surface area contributed by atoms with Gasteiger partial charge in [-0.15, -0.1) is 0 Å². The van der Waals surface area contributed by atoms with Gasteiger partial charge in [-0.2, -0.15) is 0 Å². The van der Waals surface area contributed by atoms with Crippen molar-refractivity contribution < 1.29 is 19.1 Å². The number of para-hydroxylation sites is 1. The van der Waals surface area contributed by atoms with E-state index in [0.29, 0.717) is 23.5 Å². The molecule has 0 radical (unpaired) electrons. The van der Waals surface area contributed by atoms with Crippen molar-refractivity contribution in [3.05, 3.63) is 89.5 Å². The third-order valence-electron chi connectivity index (χ3n) is 6.62. The van der Waals surface area contributed by atoms with Crippen LogP contribution >= 0.6 is 0 Å². The molecule has 2 aliphatic rings. The van der Waals surface area contributed by atoms with E-state index in [1.807, 2.05) is 36.4 Å². The highest BCUT2D eigenvalue weighted by molar-refractivity contribution is 6.02. The van der Waals surface area contributed by atoms with Crippen LogP contribution in [0.3, 0.4) is 0 Å². The Hall–Kier alpha value is -3.84. The minimum atomic E-state index is -0.288. The highest BCUT2D eigenvalue weighted by Gasteiger charge is 2.23. The summed E-state index contributed by atoms with van der Waals surface area (Å²) in [6, 6.07) is 23.1. The van der Waals surface area contributed by atoms with Crippen LogP contribution in [-0.2, 0) is 22.5 Å². The average molecular weight is 486 g/mol. The molecule has 0 saturated carbocycles. The molecule has 0 bridgehead atoms. The molecular formula is C29H31N3O4. The summed E-state index contributed by atoms with van der Waals surface area (Å²) in [6.45, 7) is 2.65. The fourth-order valence-corrected chi connectivity index (χ4v) is 4.74. The van der Waals surface area contributed by atoms with Gasteiger partial charge in [0.2, 0.25) is 0 Å². The largest absolute Gasteiger partial charge is 0.484 e. The summed E-state index contributed by atoms with van der Waals surface area (Å²) in [6.07, 6.45) is 2.94. The Kier molecular flexibility index (Phi) is 7.47. The van der Waals surface area contributed by atoms with E-state index in [4.69, 9.17) is 9.47 Å². The van der Waals surface area contributed by atoms with E-state index in [9.17, 15) is 9.59 Å². The second-order valence-corrected chi connectivity index (χ2v) is 9.17. The van der Waals surface area contributed by atoms with E-state index in [0.717, 1.165) is 44.6 Å². The zero-order valence-electron chi connectivity index (χ0n) is 20.2. The molecule has 2 aliphatic heterocycles. The van der Waals surface area contributed by atoms with Gasteiger partial charge in [0.05, 0.1) is 11.7 Å². The number of amides is 2. The molecule has 0 aromatic heterocycles. The third-order valence-corrected chi connectivity index (χ3v) is 6.62. The SMILES string of the molecule is O=C(COc1ccccc1)Nc1ccc(N2CCc3ccccc3C2)c(C(=O)NCC2CCCO2)c1. The maximum atomic E-state index is 13.3. The van der Waals surface area contributed by atoms with Gasteiger partial charge in [-0.1, -0.05) is 42.5 Å². The van der Waals surface area contributed by atoms with Crippen molar-refractivity contribution in [2.75, 3.05) is 36.5 Å². The van der Waals surface area contributed by atoms with Gasteiger partial charge in [0.25, 0.3) is 11.8 Å². The van der Waals surface area contributed by atoms with E-state index >= 15 is 0 Å². The van der Waals surface area contributed by atoms with E-state index < -0.39 is 0 Å². The van der Waals surface area contributed by atoms with Crippen LogP contribution in [0.4, 0.5) is 11.4 Å². The van der Waals surface area contributed by atoms with Crippen LogP contribution in [0.1, 0.15) is 34.3 Å². The first-order valence-corrected chi connectivity index (χ1v) is 12.5. The third kappa shape index (κ3) is 5.86. The highest BCUT2D eigenvalue weighted by Crippen LogP contribution is 2.30. The van der Waals surface area contributed by atoms with Crippen molar-refractivity contribution in [1.82, 2.24) is 5.32 Å². The number of nitrogens with zero attached hydrogens (tertiary/aromatic N) is 1. The molecular weight excluding hydrogens is 454 g/mol. The number of hydrogen-bond acceptors (Lipinski definition) is 5. The standard InChI is InChI=1S/C29H31N3O4/c33-28(20-36-24-9-2-1-3-10-24)31-23-12-13-27(32-15-14-21-7-4-5-8-22(21)19-32)26(17-23)29(34)30-18-25-11-6-16-35-25/h1-5,7-10,12-13,17,25H,6,11,14-16,18-20H2,(H,30,34)(H,31,33). The van der Waals surface area contributed by atoms with Gasteiger partial charge in [-0.05, 0) is 60.7 Å². The zero-order valence-corrected chi connectivity index (χ0v) is 20.2. The molecule has 7 heteroatoms. The Morgan fingerprint density at radius 2 is 1.81 bits per heavy atom. The first-order valence-electron chi connectivity index (χ1n) is 12.5. The normalized spacial score (nSPS) is 16.8. The molecule has 5 rings (SSSR count). The van der Waals surface area contributed by atoms with Crippen molar-refractivity contribution in [1.29, 1.82) is 0 Å². The summed E-state index contributed by atoms with van der Waals surface area (Å²) in [4.78, 5) is 28.1. The first kappa shape index (κ1) is 23.9. The van der Waals surface area contributed by atoms with Crippen molar-refractivity contribution in [3.63, 3.8) is 0 Å². The first-order chi connectivity index (χ1) is 17.7. The smallest absolute Gasteiger partial charge is 0.262 e. The van der Waals surface area contributed by atoms with Crippen LogP contribution < -0.4 is 20.3 Å². The maximum absolute atomic E-state index is 13.3. The van der Waals surface area contributed by atoms with Crippen molar-refractivity contribution in [3.8, 4) is 5.75 Å².